The van der Waals surface area contributed by atoms with E-state index in [1.807, 2.05) is 24.3 Å². The first kappa shape index (κ1) is 19.7. The molecule has 0 aliphatic carbocycles. The van der Waals surface area contributed by atoms with Crippen molar-refractivity contribution >= 4 is 51.6 Å². The van der Waals surface area contributed by atoms with Gasteiger partial charge in [-0.15, -0.1) is 0 Å². The lowest BCUT2D eigenvalue weighted by atomic mass is 10.2. The lowest BCUT2D eigenvalue weighted by Crippen LogP contribution is -2.22. The van der Waals surface area contributed by atoms with E-state index in [0.29, 0.717) is 33.1 Å². The molecule has 0 saturated heterocycles. The number of benzene rings is 2. The normalized spacial score (nSPS) is 11.0. The van der Waals surface area contributed by atoms with Gasteiger partial charge in [0.05, 0.1) is 11.6 Å². The van der Waals surface area contributed by atoms with E-state index in [9.17, 15) is 4.79 Å². The number of fused-ring (bicyclic) bond motifs is 1. The van der Waals surface area contributed by atoms with Crippen LogP contribution in [0, 0.1) is 0 Å². The molecule has 2 aromatic heterocycles. The Balaban J connectivity index is 1.35. The van der Waals surface area contributed by atoms with E-state index in [4.69, 9.17) is 44.0 Å². The van der Waals surface area contributed by atoms with Crippen molar-refractivity contribution < 1.29 is 13.9 Å². The summed E-state index contributed by atoms with van der Waals surface area (Å²) in [4.78, 5) is 15.6. The van der Waals surface area contributed by atoms with Gasteiger partial charge in [-0.2, -0.15) is 0 Å². The zero-order valence-corrected chi connectivity index (χ0v) is 17.2. The molecule has 29 heavy (non-hydrogen) atoms. The lowest BCUT2D eigenvalue weighted by Gasteiger charge is -2.06. The van der Waals surface area contributed by atoms with Crippen molar-refractivity contribution in [3.05, 3.63) is 86.9 Å². The minimum Gasteiger partial charge on any atom is -0.484 e. The summed E-state index contributed by atoms with van der Waals surface area (Å²) >= 11 is 18.0. The van der Waals surface area contributed by atoms with Crippen molar-refractivity contribution in [3.63, 3.8) is 0 Å². The van der Waals surface area contributed by atoms with Crippen molar-refractivity contribution in [2.75, 3.05) is 0 Å². The largest absolute Gasteiger partial charge is 0.484 e. The van der Waals surface area contributed by atoms with Gasteiger partial charge < -0.3 is 19.5 Å². The van der Waals surface area contributed by atoms with E-state index in [-0.39, 0.29) is 18.3 Å². The Morgan fingerprint density at radius 3 is 2.66 bits per heavy atom. The van der Waals surface area contributed by atoms with Gasteiger partial charge >= 0.3 is 0 Å². The van der Waals surface area contributed by atoms with Crippen LogP contribution in [0.15, 0.2) is 59.0 Å². The maximum absolute atomic E-state index is 12.4. The number of hydrogen-bond acceptors (Lipinski definition) is 3. The molecule has 5 nitrogen and oxygen atoms in total. The number of furan rings is 1. The number of aromatic amines is 1. The van der Waals surface area contributed by atoms with E-state index in [1.165, 1.54) is 0 Å². The van der Waals surface area contributed by atoms with Gasteiger partial charge in [0.15, 0.2) is 5.76 Å². The summed E-state index contributed by atoms with van der Waals surface area (Å²) in [5.74, 6) is 0.806. The molecule has 8 heteroatoms. The quantitative estimate of drug-likeness (QED) is 0.367. The highest BCUT2D eigenvalue weighted by Crippen LogP contribution is 2.28. The number of halogens is 3. The van der Waals surface area contributed by atoms with E-state index in [0.717, 1.165) is 16.6 Å². The van der Waals surface area contributed by atoms with Crippen molar-refractivity contribution in [1.82, 2.24) is 10.3 Å². The van der Waals surface area contributed by atoms with E-state index >= 15 is 0 Å². The zero-order valence-electron chi connectivity index (χ0n) is 15.0. The molecular weight excluding hydrogens is 435 g/mol. The molecular formula is C21H15Cl3N2O3. The minimum absolute atomic E-state index is 0.121. The van der Waals surface area contributed by atoms with Gasteiger partial charge in [-0.1, -0.05) is 34.8 Å². The number of ether oxygens (including phenoxy) is 1. The number of amides is 1. The Kier molecular flexibility index (Phi) is 5.72. The summed E-state index contributed by atoms with van der Waals surface area (Å²) in [7, 11) is 0. The molecule has 1 amide bonds. The van der Waals surface area contributed by atoms with E-state index in [1.54, 1.807) is 30.3 Å². The predicted molar refractivity (Wildman–Crippen MR) is 114 cm³/mol. The van der Waals surface area contributed by atoms with Crippen LogP contribution in [0.2, 0.25) is 15.1 Å². The van der Waals surface area contributed by atoms with Crippen LogP contribution < -0.4 is 10.1 Å². The molecule has 0 unspecified atom stereocenters. The molecule has 0 radical (unpaired) electrons. The van der Waals surface area contributed by atoms with Crippen LogP contribution in [0.3, 0.4) is 0 Å². The maximum Gasteiger partial charge on any atom is 0.287 e. The molecule has 0 fully saturated rings. The fourth-order valence-electron chi connectivity index (χ4n) is 2.84. The summed E-state index contributed by atoms with van der Waals surface area (Å²) in [5.41, 5.74) is 1.82. The fourth-order valence-corrected chi connectivity index (χ4v) is 3.35. The van der Waals surface area contributed by atoms with Crippen LogP contribution in [-0.4, -0.2) is 10.9 Å². The summed E-state index contributed by atoms with van der Waals surface area (Å²) in [6, 6.07) is 15.7. The fraction of sp³-hybridized carbons (Fsp3) is 0.0952. The van der Waals surface area contributed by atoms with Gasteiger partial charge in [0.1, 0.15) is 18.1 Å². The van der Waals surface area contributed by atoms with Gasteiger partial charge in [0.25, 0.3) is 5.91 Å². The first-order valence-corrected chi connectivity index (χ1v) is 9.83. The van der Waals surface area contributed by atoms with E-state index < -0.39 is 0 Å². The van der Waals surface area contributed by atoms with Crippen molar-refractivity contribution in [2.45, 2.75) is 13.2 Å². The van der Waals surface area contributed by atoms with Crippen LogP contribution in [0.5, 0.6) is 5.75 Å². The van der Waals surface area contributed by atoms with Crippen LogP contribution in [0.1, 0.15) is 22.0 Å². The number of rotatable bonds is 6. The average molecular weight is 450 g/mol. The number of carbonyl (C=O) groups excluding carboxylic acids is 1. The molecule has 148 valence electrons. The van der Waals surface area contributed by atoms with Gasteiger partial charge in [0.2, 0.25) is 0 Å². The van der Waals surface area contributed by atoms with Crippen LogP contribution in [0.4, 0.5) is 0 Å². The molecule has 0 atom stereocenters. The van der Waals surface area contributed by atoms with Gasteiger partial charge in [0, 0.05) is 32.7 Å². The predicted octanol–water partition coefficient (Wildman–Crippen LogP) is 6.23. The van der Waals surface area contributed by atoms with Crippen molar-refractivity contribution in [2.24, 2.45) is 0 Å². The highest BCUT2D eigenvalue weighted by Gasteiger charge is 2.13. The standard InChI is InChI=1S/C21H15Cl3N2O3/c22-13-2-5-18-12(7-13)8-15(26-18)10-25-21(27)19-6-3-16(29-19)11-28-20-9-14(23)1-4-17(20)24/h1-9,26H,10-11H2,(H,25,27). The van der Waals surface area contributed by atoms with Crippen LogP contribution in [-0.2, 0) is 13.2 Å². The summed E-state index contributed by atoms with van der Waals surface area (Å²) in [5, 5.41) is 5.43. The SMILES string of the molecule is O=C(NCc1cc2cc(Cl)ccc2[nH]1)c1ccc(COc2cc(Cl)ccc2Cl)o1. The molecule has 2 N–H and O–H groups in total. The Labute approximate surface area is 181 Å². The van der Waals surface area contributed by atoms with Gasteiger partial charge in [-0.3, -0.25) is 4.79 Å². The first-order chi connectivity index (χ1) is 14.0. The number of hydrogen-bond donors (Lipinski definition) is 2. The molecule has 2 heterocycles. The summed E-state index contributed by atoms with van der Waals surface area (Å²) in [6.45, 7) is 0.450. The van der Waals surface area contributed by atoms with Crippen molar-refractivity contribution in [3.8, 4) is 5.75 Å². The van der Waals surface area contributed by atoms with Crippen LogP contribution >= 0.6 is 34.8 Å². The van der Waals surface area contributed by atoms with Crippen molar-refractivity contribution in [1.29, 1.82) is 0 Å². The monoisotopic (exact) mass is 448 g/mol. The van der Waals surface area contributed by atoms with Crippen LogP contribution in [0.25, 0.3) is 10.9 Å². The third-order valence-corrected chi connectivity index (χ3v) is 5.01. The maximum atomic E-state index is 12.4. The van der Waals surface area contributed by atoms with Gasteiger partial charge in [-0.05, 0) is 48.5 Å². The summed E-state index contributed by atoms with van der Waals surface area (Å²) < 4.78 is 11.2. The molecule has 0 spiro atoms. The second-order valence-corrected chi connectivity index (χ2v) is 7.62. The minimum atomic E-state index is -0.325. The number of carbonyl (C=O) groups is 1. The van der Waals surface area contributed by atoms with Gasteiger partial charge in [-0.25, -0.2) is 0 Å². The molecule has 0 bridgehead atoms. The second kappa shape index (κ2) is 8.41. The number of H-pyrrole nitrogens is 1. The first-order valence-electron chi connectivity index (χ1n) is 8.70. The second-order valence-electron chi connectivity index (χ2n) is 6.34. The Morgan fingerprint density at radius 2 is 1.79 bits per heavy atom. The lowest BCUT2D eigenvalue weighted by molar-refractivity contribution is 0.0918. The number of aromatic nitrogens is 1. The highest BCUT2D eigenvalue weighted by atomic mass is 35.5. The number of nitrogens with one attached hydrogen (secondary N) is 2. The smallest absolute Gasteiger partial charge is 0.287 e. The Bertz CT molecular complexity index is 1180. The topological polar surface area (TPSA) is 67.3 Å². The molecule has 0 aliphatic heterocycles. The average Bonchev–Trinajstić information content (AvgIpc) is 3.33. The molecule has 0 aliphatic rings. The van der Waals surface area contributed by atoms with E-state index in [2.05, 4.69) is 10.3 Å². The zero-order chi connectivity index (χ0) is 20.4. The highest BCUT2D eigenvalue weighted by molar-refractivity contribution is 6.34. The molecule has 4 rings (SSSR count). The Morgan fingerprint density at radius 1 is 1.00 bits per heavy atom. The third-order valence-electron chi connectivity index (χ3n) is 4.23. The third kappa shape index (κ3) is 4.70. The summed E-state index contributed by atoms with van der Waals surface area (Å²) in [6.07, 6.45) is 0. The molecule has 4 aromatic rings. The molecule has 0 saturated carbocycles. The Hall–Kier alpha value is -2.60. The molecule has 2 aromatic carbocycles.